The molecule has 0 aliphatic heterocycles. The van der Waals surface area contributed by atoms with Crippen molar-refractivity contribution in [3.05, 3.63) is 91.1 Å². The van der Waals surface area contributed by atoms with Crippen molar-refractivity contribution in [1.29, 1.82) is 0 Å². The van der Waals surface area contributed by atoms with Crippen molar-refractivity contribution in [2.45, 2.75) is 13.0 Å². The molecule has 2 aromatic heterocycles. The van der Waals surface area contributed by atoms with Crippen LogP contribution in [0.1, 0.15) is 6.42 Å². The van der Waals surface area contributed by atoms with E-state index in [1.807, 2.05) is 36.4 Å². The second-order valence-corrected chi connectivity index (χ2v) is 7.68. The van der Waals surface area contributed by atoms with E-state index in [1.54, 1.807) is 7.11 Å². The van der Waals surface area contributed by atoms with Crippen molar-refractivity contribution in [1.82, 2.24) is 14.0 Å². The van der Waals surface area contributed by atoms with E-state index in [9.17, 15) is 5.11 Å². The van der Waals surface area contributed by atoms with Gasteiger partial charge in [0.15, 0.2) is 0 Å². The molecule has 0 aliphatic rings. The Labute approximate surface area is 187 Å². The van der Waals surface area contributed by atoms with Gasteiger partial charge in [-0.2, -0.15) is 0 Å². The smallest absolute Gasteiger partial charge is 0.215 e. The maximum atomic E-state index is 9.53. The third-order valence-corrected chi connectivity index (χ3v) is 5.70. The summed E-state index contributed by atoms with van der Waals surface area (Å²) in [7, 11) is 1.67. The first-order valence-corrected chi connectivity index (χ1v) is 10.8. The van der Waals surface area contributed by atoms with Gasteiger partial charge in [0.05, 0.1) is 24.2 Å². The van der Waals surface area contributed by atoms with Crippen molar-refractivity contribution in [2.75, 3.05) is 13.7 Å². The fourth-order valence-electron chi connectivity index (χ4n) is 4.14. The Hall–Kier alpha value is -3.83. The lowest BCUT2D eigenvalue weighted by atomic mass is 10.0. The molecule has 0 amide bonds. The van der Waals surface area contributed by atoms with Gasteiger partial charge in [0.1, 0.15) is 5.75 Å². The van der Waals surface area contributed by atoms with Crippen LogP contribution in [0, 0.1) is 0 Å². The van der Waals surface area contributed by atoms with Crippen LogP contribution in [0.4, 0.5) is 0 Å². The average molecular weight is 424 g/mol. The number of aromatic nitrogens is 3. The van der Waals surface area contributed by atoms with E-state index in [-0.39, 0.29) is 6.61 Å². The number of hydrogen-bond donors (Lipinski definition) is 1. The monoisotopic (exact) mass is 423 g/mol. The Morgan fingerprint density at radius 2 is 1.47 bits per heavy atom. The normalized spacial score (nSPS) is 11.2. The highest BCUT2D eigenvalue weighted by Crippen LogP contribution is 2.36. The van der Waals surface area contributed by atoms with Crippen LogP contribution in [0.15, 0.2) is 91.1 Å². The van der Waals surface area contributed by atoms with E-state index in [0.29, 0.717) is 13.0 Å². The molecule has 0 spiro atoms. The summed E-state index contributed by atoms with van der Waals surface area (Å²) in [5.41, 5.74) is 6.33. The highest BCUT2D eigenvalue weighted by atomic mass is 16.5. The maximum Gasteiger partial charge on any atom is 0.215 e. The first-order chi connectivity index (χ1) is 15.8. The molecule has 0 saturated carbocycles. The van der Waals surface area contributed by atoms with E-state index in [1.165, 1.54) is 0 Å². The fourth-order valence-corrected chi connectivity index (χ4v) is 4.14. The largest absolute Gasteiger partial charge is 0.497 e. The molecule has 1 N–H and O–H groups in total. The number of methoxy groups -OCH3 is 1. The summed E-state index contributed by atoms with van der Waals surface area (Å²) in [4.78, 5) is 5.11. The van der Waals surface area contributed by atoms with Gasteiger partial charge < -0.3 is 14.4 Å². The maximum absolute atomic E-state index is 9.53. The highest BCUT2D eigenvalue weighted by Gasteiger charge is 2.21. The predicted molar refractivity (Wildman–Crippen MR) is 128 cm³/mol. The minimum Gasteiger partial charge on any atom is -0.497 e. The third kappa shape index (κ3) is 3.57. The molecular formula is C27H25N3O2. The SMILES string of the molecule is COc1ccc(-c2cn3c(-c4ccccc4)c(-c4ccccc4)nc3n2CCCO)cc1. The van der Waals surface area contributed by atoms with Crippen molar-refractivity contribution in [3.8, 4) is 39.5 Å². The van der Waals surface area contributed by atoms with Gasteiger partial charge in [-0.3, -0.25) is 4.40 Å². The number of rotatable bonds is 7. The summed E-state index contributed by atoms with van der Waals surface area (Å²) in [6.07, 6.45) is 2.80. The van der Waals surface area contributed by atoms with Crippen molar-refractivity contribution < 1.29 is 9.84 Å². The summed E-state index contributed by atoms with van der Waals surface area (Å²) in [6.45, 7) is 0.804. The summed E-state index contributed by atoms with van der Waals surface area (Å²) in [5.74, 6) is 1.69. The highest BCUT2D eigenvalue weighted by molar-refractivity contribution is 5.82. The fraction of sp³-hybridized carbons (Fsp3) is 0.148. The van der Waals surface area contributed by atoms with Gasteiger partial charge in [-0.25, -0.2) is 4.98 Å². The van der Waals surface area contributed by atoms with Crippen LogP contribution in [0.5, 0.6) is 5.75 Å². The second kappa shape index (κ2) is 8.73. The Kier molecular flexibility index (Phi) is 5.48. The lowest BCUT2D eigenvalue weighted by molar-refractivity contribution is 0.280. The van der Waals surface area contributed by atoms with Gasteiger partial charge in [0, 0.05) is 36.0 Å². The quantitative estimate of drug-likeness (QED) is 0.375. The molecule has 5 aromatic rings. The Morgan fingerprint density at radius 1 is 0.812 bits per heavy atom. The Bertz CT molecular complexity index is 1320. The molecule has 0 radical (unpaired) electrons. The van der Waals surface area contributed by atoms with Gasteiger partial charge in [0.25, 0.3) is 0 Å². The molecule has 0 saturated heterocycles. The minimum absolute atomic E-state index is 0.129. The van der Waals surface area contributed by atoms with Crippen LogP contribution >= 0.6 is 0 Å². The number of aliphatic hydroxyl groups is 1. The number of aliphatic hydroxyl groups excluding tert-OH is 1. The molecule has 0 aliphatic carbocycles. The zero-order chi connectivity index (χ0) is 21.9. The van der Waals surface area contributed by atoms with Gasteiger partial charge in [-0.05, 0) is 30.7 Å². The molecule has 2 heterocycles. The molecule has 5 nitrogen and oxygen atoms in total. The summed E-state index contributed by atoms with van der Waals surface area (Å²) >= 11 is 0. The predicted octanol–water partition coefficient (Wildman–Crippen LogP) is 5.53. The number of ether oxygens (including phenoxy) is 1. The van der Waals surface area contributed by atoms with Gasteiger partial charge in [0.2, 0.25) is 5.78 Å². The van der Waals surface area contributed by atoms with Crippen molar-refractivity contribution >= 4 is 5.78 Å². The molecular weight excluding hydrogens is 398 g/mol. The van der Waals surface area contributed by atoms with Crippen LogP contribution in [-0.4, -0.2) is 32.8 Å². The molecule has 3 aromatic carbocycles. The van der Waals surface area contributed by atoms with E-state index < -0.39 is 0 Å². The zero-order valence-electron chi connectivity index (χ0n) is 18.0. The van der Waals surface area contributed by atoms with E-state index >= 15 is 0 Å². The molecule has 0 atom stereocenters. The van der Waals surface area contributed by atoms with E-state index in [2.05, 4.69) is 63.7 Å². The molecule has 32 heavy (non-hydrogen) atoms. The number of nitrogens with zero attached hydrogens (tertiary/aromatic N) is 3. The van der Waals surface area contributed by atoms with Crippen LogP contribution in [0.2, 0.25) is 0 Å². The Balaban J connectivity index is 1.77. The summed E-state index contributed by atoms with van der Waals surface area (Å²) in [5, 5.41) is 9.53. The van der Waals surface area contributed by atoms with Gasteiger partial charge in [-0.1, -0.05) is 60.7 Å². The minimum atomic E-state index is 0.129. The van der Waals surface area contributed by atoms with E-state index in [0.717, 1.165) is 45.3 Å². The average Bonchev–Trinajstić information content (AvgIpc) is 3.40. The van der Waals surface area contributed by atoms with Gasteiger partial charge in [-0.15, -0.1) is 0 Å². The topological polar surface area (TPSA) is 51.7 Å². The first kappa shape index (κ1) is 20.1. The molecule has 0 unspecified atom stereocenters. The number of fused-ring (bicyclic) bond motifs is 1. The standard InChI is InChI=1S/C27H25N3O2/c1-32-23-15-13-20(14-16-23)24-19-30-26(22-11-6-3-7-12-22)25(21-9-4-2-5-10-21)28-27(30)29(24)17-8-18-31/h2-7,9-16,19,31H,8,17-18H2,1H3. The van der Waals surface area contributed by atoms with Crippen LogP contribution in [0.3, 0.4) is 0 Å². The lowest BCUT2D eigenvalue weighted by Gasteiger charge is -2.09. The molecule has 0 fully saturated rings. The van der Waals surface area contributed by atoms with Crippen molar-refractivity contribution in [2.24, 2.45) is 0 Å². The summed E-state index contributed by atoms with van der Waals surface area (Å²) < 4.78 is 9.69. The third-order valence-electron chi connectivity index (χ3n) is 5.70. The van der Waals surface area contributed by atoms with Crippen molar-refractivity contribution in [3.63, 3.8) is 0 Å². The molecule has 0 bridgehead atoms. The number of hydrogen-bond acceptors (Lipinski definition) is 3. The molecule has 160 valence electrons. The number of imidazole rings is 2. The van der Waals surface area contributed by atoms with Gasteiger partial charge >= 0.3 is 0 Å². The number of benzene rings is 3. The number of aryl methyl sites for hydroxylation is 1. The lowest BCUT2D eigenvalue weighted by Crippen LogP contribution is -2.03. The van der Waals surface area contributed by atoms with Crippen LogP contribution in [-0.2, 0) is 6.54 Å². The Morgan fingerprint density at radius 3 is 2.09 bits per heavy atom. The van der Waals surface area contributed by atoms with E-state index in [4.69, 9.17) is 9.72 Å². The second-order valence-electron chi connectivity index (χ2n) is 7.68. The van der Waals surface area contributed by atoms with Crippen LogP contribution < -0.4 is 4.74 Å². The molecule has 5 heteroatoms. The van der Waals surface area contributed by atoms with Crippen LogP contribution in [0.25, 0.3) is 39.5 Å². The molecule has 5 rings (SSSR count). The first-order valence-electron chi connectivity index (χ1n) is 10.8. The summed E-state index contributed by atoms with van der Waals surface area (Å²) in [6, 6.07) is 28.7. The zero-order valence-corrected chi connectivity index (χ0v) is 18.0.